The van der Waals surface area contributed by atoms with Gasteiger partial charge >= 0.3 is 0 Å². The van der Waals surface area contributed by atoms with Gasteiger partial charge in [-0.3, -0.25) is 24.1 Å². The maximum atomic E-state index is 13.2. The standard InChI is InChI=1S/C25H23NO6/c1-11-9-17(28)20-15(23(11)29)10-14-12(7-8-13-19(14)25(31)26(2)24(13)30)21(20)22-16(27)5-4-6-18(22)32-3/h4-7,9,13-14,19,21,27H,8,10H2,1-3H3/t13-,14+,19-,21-/m0/s1. The number of hydrogen-bond donors (Lipinski definition) is 1. The van der Waals surface area contributed by atoms with Crippen molar-refractivity contribution >= 4 is 23.4 Å². The van der Waals surface area contributed by atoms with Gasteiger partial charge in [0.25, 0.3) is 0 Å². The number of imide groups is 1. The number of nitrogens with zero attached hydrogens (tertiary/aromatic N) is 1. The molecule has 1 aromatic carbocycles. The van der Waals surface area contributed by atoms with Gasteiger partial charge in [0.15, 0.2) is 11.6 Å². The van der Waals surface area contributed by atoms with E-state index in [1.165, 1.54) is 31.2 Å². The maximum Gasteiger partial charge on any atom is 0.233 e. The Hall–Kier alpha value is -3.48. The molecule has 1 aliphatic heterocycles. The number of fused-ring (bicyclic) bond motifs is 3. The Morgan fingerprint density at radius 1 is 1.09 bits per heavy atom. The fourth-order valence-corrected chi connectivity index (χ4v) is 5.87. The molecule has 0 saturated carbocycles. The minimum Gasteiger partial charge on any atom is -0.507 e. The number of rotatable bonds is 2. The quantitative estimate of drug-likeness (QED) is 0.437. The fraction of sp³-hybridized carbons (Fsp3) is 0.360. The smallest absolute Gasteiger partial charge is 0.233 e. The van der Waals surface area contributed by atoms with Crippen molar-refractivity contribution in [3.8, 4) is 11.5 Å². The molecule has 1 saturated heterocycles. The second-order valence-corrected chi connectivity index (χ2v) is 8.86. The lowest BCUT2D eigenvalue weighted by Crippen LogP contribution is -2.39. The van der Waals surface area contributed by atoms with Gasteiger partial charge < -0.3 is 9.84 Å². The van der Waals surface area contributed by atoms with Crippen molar-refractivity contribution in [2.24, 2.45) is 17.8 Å². The zero-order valence-electron chi connectivity index (χ0n) is 18.0. The Bertz CT molecular complexity index is 1200. The third-order valence-electron chi connectivity index (χ3n) is 7.33. The number of hydrogen-bond acceptors (Lipinski definition) is 6. The minimum absolute atomic E-state index is 0.0534. The highest BCUT2D eigenvalue weighted by Crippen LogP contribution is 2.57. The number of amides is 2. The summed E-state index contributed by atoms with van der Waals surface area (Å²) in [7, 11) is 2.97. The summed E-state index contributed by atoms with van der Waals surface area (Å²) >= 11 is 0. The molecular weight excluding hydrogens is 410 g/mol. The van der Waals surface area contributed by atoms with Crippen molar-refractivity contribution in [3.05, 3.63) is 58.2 Å². The van der Waals surface area contributed by atoms with Crippen molar-refractivity contribution in [2.75, 3.05) is 14.2 Å². The summed E-state index contributed by atoms with van der Waals surface area (Å²) in [5, 5.41) is 10.8. The predicted octanol–water partition coefficient (Wildman–Crippen LogP) is 2.46. The van der Waals surface area contributed by atoms with Crippen molar-refractivity contribution in [1.29, 1.82) is 0 Å². The number of aromatic hydroxyl groups is 1. The molecule has 1 fully saturated rings. The molecule has 0 aromatic heterocycles. The molecule has 0 bridgehead atoms. The maximum absolute atomic E-state index is 13.2. The molecule has 7 heteroatoms. The molecule has 2 amide bonds. The lowest BCUT2D eigenvalue weighted by Gasteiger charge is -2.42. The number of methoxy groups -OCH3 is 1. The normalized spacial score (nSPS) is 29.4. The molecule has 0 spiro atoms. The molecular formula is C25H23NO6. The van der Waals surface area contributed by atoms with E-state index in [1.54, 1.807) is 19.1 Å². The molecule has 1 N–H and O–H groups in total. The van der Waals surface area contributed by atoms with E-state index < -0.39 is 23.7 Å². The second-order valence-electron chi connectivity index (χ2n) is 8.86. The van der Waals surface area contributed by atoms with E-state index in [0.29, 0.717) is 34.5 Å². The van der Waals surface area contributed by atoms with Gasteiger partial charge in [-0.15, -0.1) is 0 Å². The minimum atomic E-state index is -0.726. The Kier molecular flexibility index (Phi) is 4.48. The van der Waals surface area contributed by atoms with E-state index in [-0.39, 0.29) is 35.6 Å². The number of phenols is 1. The Labute approximate surface area is 185 Å². The summed E-state index contributed by atoms with van der Waals surface area (Å²) in [4.78, 5) is 53.2. The van der Waals surface area contributed by atoms with Crippen LogP contribution in [0.1, 0.15) is 31.2 Å². The van der Waals surface area contributed by atoms with E-state index in [4.69, 9.17) is 4.74 Å². The van der Waals surface area contributed by atoms with Crippen LogP contribution in [-0.4, -0.2) is 47.5 Å². The monoisotopic (exact) mass is 433 g/mol. The molecule has 0 radical (unpaired) electrons. The molecule has 1 aromatic rings. The van der Waals surface area contributed by atoms with Crippen molar-refractivity contribution < 1.29 is 29.0 Å². The number of ketones is 2. The van der Waals surface area contributed by atoms with Crippen LogP contribution in [-0.2, 0) is 19.2 Å². The largest absolute Gasteiger partial charge is 0.507 e. The zero-order valence-corrected chi connectivity index (χ0v) is 18.0. The fourth-order valence-electron chi connectivity index (χ4n) is 5.87. The van der Waals surface area contributed by atoms with E-state index in [9.17, 15) is 24.3 Å². The molecule has 4 atom stereocenters. The third-order valence-corrected chi connectivity index (χ3v) is 7.33. The van der Waals surface area contributed by atoms with E-state index in [0.717, 1.165) is 5.57 Å². The Morgan fingerprint density at radius 2 is 1.84 bits per heavy atom. The highest BCUT2D eigenvalue weighted by atomic mass is 16.5. The third kappa shape index (κ3) is 2.60. The number of Topliss-reactive ketones (excluding diaryl/α,β-unsaturated/α-hetero) is 1. The molecule has 32 heavy (non-hydrogen) atoms. The SMILES string of the molecule is COc1cccc(O)c1[C@H]1C2=CC[C@@H]3C(=O)N(C)C(=O)[C@@H]3[C@@H]2CC2=C1C(=O)C=C(C)C2=O. The van der Waals surface area contributed by atoms with Gasteiger partial charge in [-0.25, -0.2) is 0 Å². The Morgan fingerprint density at radius 3 is 2.56 bits per heavy atom. The van der Waals surface area contributed by atoms with Crippen LogP contribution in [0.4, 0.5) is 0 Å². The van der Waals surface area contributed by atoms with Crippen LogP contribution in [0.3, 0.4) is 0 Å². The zero-order chi connectivity index (χ0) is 22.9. The van der Waals surface area contributed by atoms with Gasteiger partial charge in [-0.05, 0) is 43.9 Å². The number of allylic oxidation sites excluding steroid dienone is 6. The van der Waals surface area contributed by atoms with Crippen molar-refractivity contribution in [1.82, 2.24) is 4.90 Å². The molecule has 0 unspecified atom stereocenters. The van der Waals surface area contributed by atoms with Gasteiger partial charge in [0.05, 0.1) is 18.9 Å². The first-order valence-corrected chi connectivity index (χ1v) is 10.6. The van der Waals surface area contributed by atoms with Crippen molar-refractivity contribution in [3.63, 3.8) is 0 Å². The molecule has 5 rings (SSSR count). The second kappa shape index (κ2) is 7.02. The highest BCUT2D eigenvalue weighted by molar-refractivity contribution is 6.23. The predicted molar refractivity (Wildman–Crippen MR) is 114 cm³/mol. The van der Waals surface area contributed by atoms with E-state index in [1.807, 2.05) is 6.08 Å². The number of carbonyl (C=O) groups excluding carboxylic acids is 4. The molecule has 3 aliphatic carbocycles. The number of likely N-dealkylation sites (tertiary alicyclic amines) is 1. The first-order chi connectivity index (χ1) is 15.3. The first kappa shape index (κ1) is 20.4. The van der Waals surface area contributed by atoms with Crippen LogP contribution in [0.2, 0.25) is 0 Å². The number of ether oxygens (including phenoxy) is 1. The summed E-state index contributed by atoms with van der Waals surface area (Å²) in [6.45, 7) is 1.60. The molecule has 164 valence electrons. The lowest BCUT2D eigenvalue weighted by atomic mass is 9.59. The summed E-state index contributed by atoms with van der Waals surface area (Å²) in [6, 6.07) is 4.85. The van der Waals surface area contributed by atoms with Crippen LogP contribution in [0.15, 0.2) is 52.6 Å². The highest BCUT2D eigenvalue weighted by Gasteiger charge is 2.55. The van der Waals surface area contributed by atoms with Gasteiger partial charge in [-0.2, -0.15) is 0 Å². The first-order valence-electron chi connectivity index (χ1n) is 10.6. The summed E-state index contributed by atoms with van der Waals surface area (Å²) in [5.41, 5.74) is 2.23. The van der Waals surface area contributed by atoms with Gasteiger partial charge in [0, 0.05) is 35.2 Å². The van der Waals surface area contributed by atoms with Crippen molar-refractivity contribution in [2.45, 2.75) is 25.7 Å². The Balaban J connectivity index is 1.77. The van der Waals surface area contributed by atoms with E-state index >= 15 is 0 Å². The average molecular weight is 433 g/mol. The van der Waals surface area contributed by atoms with Crippen LogP contribution < -0.4 is 4.74 Å². The summed E-state index contributed by atoms with van der Waals surface area (Å²) in [5.74, 6) is -2.84. The molecule has 4 aliphatic rings. The van der Waals surface area contributed by atoms with Crippen LogP contribution in [0.25, 0.3) is 0 Å². The van der Waals surface area contributed by atoms with E-state index in [2.05, 4.69) is 0 Å². The summed E-state index contributed by atoms with van der Waals surface area (Å²) in [6.07, 6.45) is 3.85. The molecule has 1 heterocycles. The van der Waals surface area contributed by atoms with Crippen LogP contribution in [0, 0.1) is 17.8 Å². The van der Waals surface area contributed by atoms with Crippen LogP contribution >= 0.6 is 0 Å². The summed E-state index contributed by atoms with van der Waals surface area (Å²) < 4.78 is 5.51. The average Bonchev–Trinajstić information content (AvgIpc) is 3.00. The van der Waals surface area contributed by atoms with Gasteiger partial charge in [0.1, 0.15) is 11.5 Å². The number of benzene rings is 1. The number of phenolic OH excluding ortho intramolecular Hbond substituents is 1. The number of carbonyl (C=O) groups is 4. The molecule has 7 nitrogen and oxygen atoms in total. The topological polar surface area (TPSA) is 101 Å². The van der Waals surface area contributed by atoms with Gasteiger partial charge in [0.2, 0.25) is 11.8 Å². The van der Waals surface area contributed by atoms with Crippen LogP contribution in [0.5, 0.6) is 11.5 Å². The lowest BCUT2D eigenvalue weighted by molar-refractivity contribution is -0.138. The van der Waals surface area contributed by atoms with Gasteiger partial charge in [-0.1, -0.05) is 17.7 Å².